The summed E-state index contributed by atoms with van der Waals surface area (Å²) in [5, 5.41) is 16.2. The van der Waals surface area contributed by atoms with E-state index in [2.05, 4.69) is 166 Å². The second-order valence-corrected chi connectivity index (χ2v) is 15.7. The average Bonchev–Trinajstić information content (AvgIpc) is 3.91. The van der Waals surface area contributed by atoms with Gasteiger partial charge in [0.2, 0.25) is 0 Å². The zero-order chi connectivity index (χ0) is 40.6. The maximum atomic E-state index is 13.7. The molecule has 1 atom stereocenters. The molecule has 0 N–H and O–H groups in total. The molecule has 3 aromatic heterocycles. The molecule has 0 aliphatic heterocycles. The monoisotopic (exact) mass is 780 g/mol. The van der Waals surface area contributed by atoms with Crippen LogP contribution in [0, 0.1) is 11.3 Å². The second-order valence-electron chi connectivity index (χ2n) is 14.3. The molecule has 0 aliphatic carbocycles. The van der Waals surface area contributed by atoms with Gasteiger partial charge in [-0.05, 0) is 117 Å². The minimum atomic E-state index is -1.41. The largest absolute Gasteiger partial charge is 0.309 e. The minimum absolute atomic E-state index is 0.541. The summed E-state index contributed by atoms with van der Waals surface area (Å²) < 4.78 is 20.8. The lowest BCUT2D eigenvalue weighted by Gasteiger charge is -2.11. The van der Waals surface area contributed by atoms with Gasteiger partial charge in [-0.15, -0.1) is 6.58 Å². The fourth-order valence-electron chi connectivity index (χ4n) is 8.42. The molecule has 0 fully saturated rings. The van der Waals surface area contributed by atoms with E-state index < -0.39 is 10.8 Å². The number of nitriles is 1. The van der Waals surface area contributed by atoms with E-state index in [9.17, 15) is 9.47 Å². The Kier molecular flexibility index (Phi) is 9.74. The Morgan fingerprint density at radius 1 is 0.593 bits per heavy atom. The summed E-state index contributed by atoms with van der Waals surface area (Å²) in [6.07, 6.45) is 9.85. The van der Waals surface area contributed by atoms with Crippen molar-refractivity contribution in [1.29, 1.82) is 5.26 Å². The van der Waals surface area contributed by atoms with Crippen molar-refractivity contribution in [3.8, 4) is 17.4 Å². The van der Waals surface area contributed by atoms with Crippen LogP contribution in [0.5, 0.6) is 0 Å². The van der Waals surface area contributed by atoms with Gasteiger partial charge < -0.3 is 13.7 Å². The van der Waals surface area contributed by atoms with E-state index in [0.717, 1.165) is 66.3 Å². The van der Waals surface area contributed by atoms with E-state index in [1.54, 1.807) is 30.3 Å². The van der Waals surface area contributed by atoms with Crippen LogP contribution in [-0.2, 0) is 10.8 Å². The molecule has 10 aromatic rings. The first-order chi connectivity index (χ1) is 29.0. The van der Waals surface area contributed by atoms with E-state index in [4.69, 9.17) is 0 Å². The van der Waals surface area contributed by atoms with Gasteiger partial charge in [-0.3, -0.25) is 0 Å². The van der Waals surface area contributed by atoms with Gasteiger partial charge in [0.25, 0.3) is 0 Å². The Labute approximate surface area is 345 Å². The van der Waals surface area contributed by atoms with Crippen LogP contribution in [0.3, 0.4) is 0 Å². The first-order valence-electron chi connectivity index (χ1n) is 19.5. The van der Waals surface area contributed by atoms with Crippen LogP contribution in [0.1, 0.15) is 19.4 Å². The predicted octanol–water partition coefficient (Wildman–Crippen LogP) is 13.8. The Balaban J connectivity index is 0.00000145. The molecule has 10 rings (SSSR count). The van der Waals surface area contributed by atoms with Crippen molar-refractivity contribution in [3.05, 3.63) is 201 Å². The van der Waals surface area contributed by atoms with Gasteiger partial charge in [0.15, 0.2) is 0 Å². The predicted molar refractivity (Wildman–Crippen MR) is 249 cm³/mol. The summed E-state index contributed by atoms with van der Waals surface area (Å²) in [5.74, 6) is 0. The fourth-order valence-corrected chi connectivity index (χ4v) is 9.46. The van der Waals surface area contributed by atoms with Crippen LogP contribution in [-0.4, -0.2) is 17.9 Å². The molecule has 0 aliphatic rings. The van der Waals surface area contributed by atoms with Gasteiger partial charge in [-0.2, -0.15) is 5.26 Å². The summed E-state index contributed by atoms with van der Waals surface area (Å²) in [7, 11) is -1.41. The van der Waals surface area contributed by atoms with E-state index >= 15 is 0 Å². The van der Waals surface area contributed by atoms with Crippen molar-refractivity contribution in [2.24, 2.45) is 0 Å². The zero-order valence-corrected chi connectivity index (χ0v) is 33.7. The van der Waals surface area contributed by atoms with E-state index in [1.807, 2.05) is 32.1 Å². The highest BCUT2D eigenvalue weighted by Crippen LogP contribution is 2.44. The van der Waals surface area contributed by atoms with Crippen LogP contribution in [0.15, 0.2) is 205 Å². The molecule has 284 valence electrons. The topological polar surface area (TPSA) is 55.6 Å². The van der Waals surface area contributed by atoms with Crippen molar-refractivity contribution in [2.75, 3.05) is 0 Å². The first kappa shape index (κ1) is 37.1. The quantitative estimate of drug-likeness (QED) is 0.119. The Hall–Kier alpha value is -7.46. The van der Waals surface area contributed by atoms with Gasteiger partial charge in [-0.1, -0.05) is 85.5 Å². The van der Waals surface area contributed by atoms with Gasteiger partial charge in [0, 0.05) is 59.2 Å². The van der Waals surface area contributed by atoms with E-state index in [1.165, 1.54) is 16.2 Å². The van der Waals surface area contributed by atoms with Gasteiger partial charge in [0.05, 0.1) is 55.5 Å². The molecule has 7 aromatic carbocycles. The molecule has 59 heavy (non-hydrogen) atoms. The lowest BCUT2D eigenvalue weighted by atomic mass is 10.1. The van der Waals surface area contributed by atoms with Crippen molar-refractivity contribution < 1.29 is 4.21 Å². The molecule has 3 heterocycles. The molecular formula is C53H40N4OS. The maximum absolute atomic E-state index is 13.7. The molecule has 0 radical (unpaired) electrons. The smallest absolute Gasteiger partial charge is 0.0991 e. The molecule has 0 saturated carbocycles. The number of para-hydroxylation sites is 3. The number of hydrogen-bond donors (Lipinski definition) is 0. The summed E-state index contributed by atoms with van der Waals surface area (Å²) in [6.45, 7) is 11.3. The normalized spacial score (nSPS) is 12.4. The minimum Gasteiger partial charge on any atom is -0.309 e. The number of nitrogens with zero attached hydrogens (tertiary/aromatic N) is 4. The summed E-state index contributed by atoms with van der Waals surface area (Å²) in [5.41, 5.74) is 10.4. The second kappa shape index (κ2) is 15.5. The number of benzene rings is 7. The molecule has 0 amide bonds. The third kappa shape index (κ3) is 6.12. The molecule has 6 heteroatoms. The Morgan fingerprint density at radius 3 is 1.86 bits per heavy atom. The van der Waals surface area contributed by atoms with Gasteiger partial charge >= 0.3 is 0 Å². The van der Waals surface area contributed by atoms with E-state index in [-0.39, 0.29) is 0 Å². The number of allylic oxidation sites excluding steroid dienone is 6. The van der Waals surface area contributed by atoms with Crippen LogP contribution in [0.4, 0.5) is 0 Å². The third-order valence-electron chi connectivity index (χ3n) is 10.8. The maximum Gasteiger partial charge on any atom is 0.0991 e. The van der Waals surface area contributed by atoms with E-state index in [0.29, 0.717) is 15.4 Å². The fraction of sp³-hybridized carbons (Fsp3) is 0.0377. The molecule has 0 spiro atoms. The molecule has 0 saturated heterocycles. The number of aromatic nitrogens is 3. The molecule has 5 nitrogen and oxygen atoms in total. The Bertz CT molecular complexity index is 3390. The van der Waals surface area contributed by atoms with Gasteiger partial charge in [-0.25, -0.2) is 4.21 Å². The van der Waals surface area contributed by atoms with Crippen LogP contribution < -0.4 is 0 Å². The zero-order valence-electron chi connectivity index (χ0n) is 32.8. The Morgan fingerprint density at radius 2 is 1.19 bits per heavy atom. The van der Waals surface area contributed by atoms with Crippen molar-refractivity contribution >= 4 is 81.9 Å². The molecule has 0 bridgehead atoms. The average molecular weight is 781 g/mol. The third-order valence-corrected chi connectivity index (χ3v) is 12.2. The number of rotatable bonds is 7. The SMILES string of the molecule is C=C/C=C(\C=C/C)n1c2ccccc2c2cc3c(cc21)c1ccc2c(c4ccccc4n2-c2ccccc2)c1n3-c1ccc(S(=O)c2ccc(C#N)cc2)cc1.C=CC. The lowest BCUT2D eigenvalue weighted by molar-refractivity contribution is 0.683. The highest BCUT2D eigenvalue weighted by atomic mass is 32.2. The number of hydrogen-bond acceptors (Lipinski definition) is 2. The highest BCUT2D eigenvalue weighted by molar-refractivity contribution is 7.85. The van der Waals surface area contributed by atoms with Crippen LogP contribution in [0.2, 0.25) is 0 Å². The van der Waals surface area contributed by atoms with Crippen molar-refractivity contribution in [1.82, 2.24) is 13.7 Å². The van der Waals surface area contributed by atoms with Crippen molar-refractivity contribution in [2.45, 2.75) is 23.6 Å². The first-order valence-corrected chi connectivity index (χ1v) is 20.7. The van der Waals surface area contributed by atoms with Crippen LogP contribution in [0.25, 0.3) is 82.5 Å². The summed E-state index contributed by atoms with van der Waals surface area (Å²) in [4.78, 5) is 1.35. The van der Waals surface area contributed by atoms with Crippen molar-refractivity contribution in [3.63, 3.8) is 0 Å². The van der Waals surface area contributed by atoms with Crippen LogP contribution >= 0.6 is 0 Å². The van der Waals surface area contributed by atoms with Gasteiger partial charge in [0.1, 0.15) is 0 Å². The number of fused-ring (bicyclic) bond motifs is 10. The standard InChI is InChI=1S/C50H34N4OS.C3H6/c1-3-12-34(13-4-2)53-44-18-10-8-16-39(44)42-30-48-43(31-47(42)53)40-28-29-46-49(41-17-9-11-19-45(41)52(46)35-14-6-5-7-15-35)50(40)54(48)36-22-26-38(27-23-36)56(55)37-24-20-33(32-51)21-25-37;1-3-2/h3-31H,1H2,2H3;3H,1H2,2H3/b13-4-,34-12+;. The summed E-state index contributed by atoms with van der Waals surface area (Å²) in [6, 6.07) is 54.2. The lowest BCUT2D eigenvalue weighted by Crippen LogP contribution is -1.97. The summed E-state index contributed by atoms with van der Waals surface area (Å²) >= 11 is 0. The molecule has 1 unspecified atom stereocenters. The molecular weight excluding hydrogens is 741 g/mol. The highest BCUT2D eigenvalue weighted by Gasteiger charge is 2.23.